The molecule has 2 aromatic heterocycles. The van der Waals surface area contributed by atoms with Crippen molar-refractivity contribution in [1.82, 2.24) is 19.5 Å². The highest BCUT2D eigenvalue weighted by molar-refractivity contribution is 5.93. The number of hydrogen-bond acceptors (Lipinski definition) is 4. The van der Waals surface area contributed by atoms with Crippen molar-refractivity contribution >= 4 is 23.6 Å². The highest BCUT2D eigenvalue weighted by atomic mass is 19.1. The molecular formula is C28H25FN4O3. The van der Waals surface area contributed by atoms with Crippen LogP contribution >= 0.6 is 0 Å². The van der Waals surface area contributed by atoms with Crippen LogP contribution in [0.2, 0.25) is 0 Å². The second kappa shape index (κ2) is 9.37. The van der Waals surface area contributed by atoms with E-state index < -0.39 is 11.8 Å². The van der Waals surface area contributed by atoms with Crippen LogP contribution in [0.5, 0.6) is 0 Å². The highest BCUT2D eigenvalue weighted by Crippen LogP contribution is 2.31. The minimum absolute atomic E-state index is 0.0613. The van der Waals surface area contributed by atoms with Crippen LogP contribution in [0.15, 0.2) is 60.7 Å². The molecule has 0 fully saturated rings. The second-order valence-electron chi connectivity index (χ2n) is 8.82. The molecule has 1 atom stereocenters. The van der Waals surface area contributed by atoms with Gasteiger partial charge in [0.1, 0.15) is 11.5 Å². The number of aromatic nitrogens is 3. The normalized spacial score (nSPS) is 15.4. The zero-order valence-corrected chi connectivity index (χ0v) is 20.0. The summed E-state index contributed by atoms with van der Waals surface area (Å²) in [6.45, 7) is 4.61. The maximum absolute atomic E-state index is 14.9. The van der Waals surface area contributed by atoms with E-state index in [2.05, 4.69) is 22.2 Å². The number of aliphatic carboxylic acids is 1. The van der Waals surface area contributed by atoms with Crippen LogP contribution in [0.25, 0.3) is 23.0 Å². The van der Waals surface area contributed by atoms with Gasteiger partial charge in [0.15, 0.2) is 5.65 Å². The number of carboxylic acids is 1. The molecule has 4 aromatic rings. The fourth-order valence-corrected chi connectivity index (χ4v) is 4.74. The molecule has 0 bridgehead atoms. The van der Waals surface area contributed by atoms with E-state index in [-0.39, 0.29) is 17.5 Å². The SMILES string of the molecule is CCc1cc(C(=O)N2CCc3ccccc3C2C)nc2cc(-c3ccc(/C=C/C(=O)O)cc3F)nn12. The third kappa shape index (κ3) is 4.26. The number of aryl methyl sites for hydroxylation is 1. The monoisotopic (exact) mass is 484 g/mol. The number of benzene rings is 2. The van der Waals surface area contributed by atoms with Crippen LogP contribution in [0.4, 0.5) is 4.39 Å². The number of amides is 1. The molecule has 0 spiro atoms. The lowest BCUT2D eigenvalue weighted by Crippen LogP contribution is -2.39. The molecule has 5 rings (SSSR count). The lowest BCUT2D eigenvalue weighted by atomic mass is 9.93. The summed E-state index contributed by atoms with van der Waals surface area (Å²) >= 11 is 0. The molecule has 0 radical (unpaired) electrons. The number of carbonyl (C=O) groups is 2. The predicted molar refractivity (Wildman–Crippen MR) is 134 cm³/mol. The first-order valence-corrected chi connectivity index (χ1v) is 11.8. The van der Waals surface area contributed by atoms with Gasteiger partial charge in [0, 0.05) is 29.9 Å². The Hall–Kier alpha value is -4.33. The Morgan fingerprint density at radius 1 is 1.17 bits per heavy atom. The van der Waals surface area contributed by atoms with Gasteiger partial charge in [-0.1, -0.05) is 37.3 Å². The summed E-state index contributed by atoms with van der Waals surface area (Å²) in [6.07, 6.45) is 3.69. The molecule has 1 unspecified atom stereocenters. The van der Waals surface area contributed by atoms with Gasteiger partial charge in [0.05, 0.1) is 11.7 Å². The van der Waals surface area contributed by atoms with Gasteiger partial charge in [-0.15, -0.1) is 0 Å². The first kappa shape index (κ1) is 23.4. The number of carboxylic acid groups (broad SMARTS) is 1. The third-order valence-corrected chi connectivity index (χ3v) is 6.63. The molecule has 1 amide bonds. The fourth-order valence-electron chi connectivity index (χ4n) is 4.74. The number of hydrogen-bond donors (Lipinski definition) is 1. The van der Waals surface area contributed by atoms with Crippen LogP contribution < -0.4 is 0 Å². The maximum atomic E-state index is 14.9. The van der Waals surface area contributed by atoms with Gasteiger partial charge in [0.2, 0.25) is 0 Å². The summed E-state index contributed by atoms with van der Waals surface area (Å²) < 4.78 is 16.5. The van der Waals surface area contributed by atoms with Gasteiger partial charge in [-0.25, -0.2) is 18.7 Å². The third-order valence-electron chi connectivity index (χ3n) is 6.63. The van der Waals surface area contributed by atoms with Crippen LogP contribution in [0.1, 0.15) is 52.8 Å². The minimum atomic E-state index is -1.11. The van der Waals surface area contributed by atoms with Crippen molar-refractivity contribution < 1.29 is 19.1 Å². The number of carbonyl (C=O) groups excluding carboxylic acids is 1. The lowest BCUT2D eigenvalue weighted by Gasteiger charge is -2.35. The van der Waals surface area contributed by atoms with Gasteiger partial charge in [-0.3, -0.25) is 4.79 Å². The van der Waals surface area contributed by atoms with Crippen molar-refractivity contribution in [1.29, 1.82) is 0 Å². The van der Waals surface area contributed by atoms with Gasteiger partial charge in [0.25, 0.3) is 5.91 Å². The average Bonchev–Trinajstić information content (AvgIpc) is 3.31. The van der Waals surface area contributed by atoms with Crippen LogP contribution in [0.3, 0.4) is 0 Å². The molecular weight excluding hydrogens is 459 g/mol. The first-order valence-electron chi connectivity index (χ1n) is 11.8. The summed E-state index contributed by atoms with van der Waals surface area (Å²) in [5.41, 5.74) is 5.09. The number of nitrogens with zero attached hydrogens (tertiary/aromatic N) is 4. The Balaban J connectivity index is 1.49. The standard InChI is InChI=1S/C28H25FN4O3/c1-3-20-15-25(28(36)32-13-12-19-6-4-5-7-21(19)17(32)2)30-26-16-24(31-33(20)26)22-10-8-18(14-23(22)29)9-11-27(34)35/h4-11,14-17H,3,12-13H2,1-2H3,(H,34,35)/b11-9+. The Labute approximate surface area is 207 Å². The molecule has 0 saturated carbocycles. The highest BCUT2D eigenvalue weighted by Gasteiger charge is 2.29. The Morgan fingerprint density at radius 2 is 1.97 bits per heavy atom. The van der Waals surface area contributed by atoms with E-state index in [0.717, 1.165) is 23.8 Å². The average molecular weight is 485 g/mol. The molecule has 3 heterocycles. The van der Waals surface area contributed by atoms with Gasteiger partial charge >= 0.3 is 5.97 Å². The van der Waals surface area contributed by atoms with Gasteiger partial charge < -0.3 is 10.0 Å². The van der Waals surface area contributed by atoms with Crippen LogP contribution in [0, 0.1) is 5.82 Å². The summed E-state index contributed by atoms with van der Waals surface area (Å²) in [7, 11) is 0. The van der Waals surface area contributed by atoms with Crippen LogP contribution in [-0.2, 0) is 17.6 Å². The molecule has 0 saturated heterocycles. The smallest absolute Gasteiger partial charge is 0.328 e. The minimum Gasteiger partial charge on any atom is -0.478 e. The van der Waals surface area contributed by atoms with E-state index in [9.17, 15) is 14.0 Å². The van der Waals surface area contributed by atoms with Crippen molar-refractivity contribution in [2.75, 3.05) is 6.54 Å². The van der Waals surface area contributed by atoms with Crippen molar-refractivity contribution in [2.24, 2.45) is 0 Å². The van der Waals surface area contributed by atoms with Crippen molar-refractivity contribution in [2.45, 2.75) is 32.7 Å². The quantitative estimate of drug-likeness (QED) is 0.405. The maximum Gasteiger partial charge on any atom is 0.328 e. The lowest BCUT2D eigenvalue weighted by molar-refractivity contribution is -0.131. The molecule has 1 N–H and O–H groups in total. The first-order chi connectivity index (χ1) is 17.4. The molecule has 1 aliphatic heterocycles. The second-order valence-corrected chi connectivity index (χ2v) is 8.82. The largest absolute Gasteiger partial charge is 0.478 e. The van der Waals surface area contributed by atoms with E-state index in [1.807, 2.05) is 30.9 Å². The molecule has 182 valence electrons. The van der Waals surface area contributed by atoms with E-state index in [0.29, 0.717) is 35.6 Å². The summed E-state index contributed by atoms with van der Waals surface area (Å²) in [6, 6.07) is 16.0. The Morgan fingerprint density at radius 3 is 2.72 bits per heavy atom. The zero-order chi connectivity index (χ0) is 25.4. The van der Waals surface area contributed by atoms with Crippen molar-refractivity contribution in [3.8, 4) is 11.3 Å². The number of halogens is 1. The molecule has 1 aliphatic rings. The van der Waals surface area contributed by atoms with E-state index in [4.69, 9.17) is 5.11 Å². The topological polar surface area (TPSA) is 87.8 Å². The predicted octanol–water partition coefficient (Wildman–Crippen LogP) is 4.96. The van der Waals surface area contributed by atoms with Crippen LogP contribution in [-0.4, -0.2) is 43.0 Å². The number of fused-ring (bicyclic) bond motifs is 2. The summed E-state index contributed by atoms with van der Waals surface area (Å²) in [5.74, 6) is -1.77. The van der Waals surface area contributed by atoms with E-state index >= 15 is 0 Å². The Kier molecular flexibility index (Phi) is 6.10. The van der Waals surface area contributed by atoms with Crippen molar-refractivity contribution in [3.63, 3.8) is 0 Å². The molecule has 7 nitrogen and oxygen atoms in total. The summed E-state index contributed by atoms with van der Waals surface area (Å²) in [5, 5.41) is 13.3. The molecule has 8 heteroatoms. The zero-order valence-electron chi connectivity index (χ0n) is 20.0. The molecule has 36 heavy (non-hydrogen) atoms. The summed E-state index contributed by atoms with van der Waals surface area (Å²) in [4.78, 5) is 30.7. The fraction of sp³-hybridized carbons (Fsp3) is 0.214. The Bertz CT molecular complexity index is 1520. The van der Waals surface area contributed by atoms with Crippen molar-refractivity contribution in [3.05, 3.63) is 94.6 Å². The number of rotatable bonds is 5. The van der Waals surface area contributed by atoms with E-state index in [1.54, 1.807) is 28.8 Å². The van der Waals surface area contributed by atoms with Gasteiger partial charge in [-0.05, 0) is 60.7 Å². The van der Waals surface area contributed by atoms with Gasteiger partial charge in [-0.2, -0.15) is 5.10 Å². The molecule has 0 aliphatic carbocycles. The molecule has 2 aromatic carbocycles. The van der Waals surface area contributed by atoms with E-state index in [1.165, 1.54) is 17.7 Å².